The number of carboxylic acids is 1. The second-order valence-corrected chi connectivity index (χ2v) is 5.99. The molecule has 1 saturated carbocycles. The molecule has 0 spiro atoms. The van der Waals surface area contributed by atoms with Crippen molar-refractivity contribution in [1.29, 1.82) is 0 Å². The number of hydrogen-bond acceptors (Lipinski definition) is 4. The number of aliphatic carboxylic acids is 1. The van der Waals surface area contributed by atoms with Gasteiger partial charge in [0.25, 0.3) is 10.1 Å². The fourth-order valence-corrected chi connectivity index (χ4v) is 2.61. The lowest BCUT2D eigenvalue weighted by Crippen LogP contribution is -2.37. The first-order valence-corrected chi connectivity index (χ1v) is 6.66. The predicted molar refractivity (Wildman–Crippen MR) is 53.9 cm³/mol. The predicted octanol–water partition coefficient (Wildman–Crippen LogP) is 0.996. The first-order chi connectivity index (χ1) is 6.73. The second kappa shape index (κ2) is 4.09. The molecular weight excluding hydrogens is 220 g/mol. The van der Waals surface area contributed by atoms with Crippen molar-refractivity contribution in [2.45, 2.75) is 38.7 Å². The Balaban J connectivity index is 2.68. The second-order valence-electron chi connectivity index (χ2n) is 4.38. The summed E-state index contributed by atoms with van der Waals surface area (Å²) in [5.74, 6) is -0.885. The largest absolute Gasteiger partial charge is 0.481 e. The molecule has 1 fully saturated rings. The summed E-state index contributed by atoms with van der Waals surface area (Å²) in [6.45, 7) is 1.63. The minimum absolute atomic E-state index is 0.259. The van der Waals surface area contributed by atoms with E-state index >= 15 is 0 Å². The van der Waals surface area contributed by atoms with Crippen LogP contribution in [0.2, 0.25) is 0 Å². The molecule has 1 N–H and O–H groups in total. The van der Waals surface area contributed by atoms with Gasteiger partial charge in [0.1, 0.15) is 0 Å². The topological polar surface area (TPSA) is 80.7 Å². The number of hydrogen-bond donors (Lipinski definition) is 1. The van der Waals surface area contributed by atoms with Gasteiger partial charge in [0, 0.05) is 0 Å². The number of carboxylic acid groups (broad SMARTS) is 1. The summed E-state index contributed by atoms with van der Waals surface area (Å²) in [5, 5.41) is 9.01. The molecule has 0 aromatic carbocycles. The summed E-state index contributed by atoms with van der Waals surface area (Å²) in [6.07, 6.45) is 2.62. The average Bonchev–Trinajstić information content (AvgIpc) is 2.00. The van der Waals surface area contributed by atoms with Crippen LogP contribution < -0.4 is 0 Å². The van der Waals surface area contributed by atoms with E-state index in [9.17, 15) is 13.2 Å². The highest BCUT2D eigenvalue weighted by atomic mass is 32.2. The van der Waals surface area contributed by atoms with Crippen molar-refractivity contribution in [3.63, 3.8) is 0 Å². The van der Waals surface area contributed by atoms with Crippen LogP contribution >= 0.6 is 0 Å². The third-order valence-corrected chi connectivity index (χ3v) is 3.38. The van der Waals surface area contributed by atoms with E-state index in [-0.39, 0.29) is 6.42 Å². The Labute approximate surface area is 89.6 Å². The summed E-state index contributed by atoms with van der Waals surface area (Å²) >= 11 is 0. The molecule has 0 aliphatic heterocycles. The van der Waals surface area contributed by atoms with E-state index in [2.05, 4.69) is 0 Å². The molecule has 0 aromatic rings. The van der Waals surface area contributed by atoms with Crippen LogP contribution in [0.4, 0.5) is 0 Å². The molecular formula is C9H16O5S. The van der Waals surface area contributed by atoms with Gasteiger partial charge >= 0.3 is 5.97 Å². The number of carbonyl (C=O) groups is 1. The van der Waals surface area contributed by atoms with Gasteiger partial charge in [0.15, 0.2) is 0 Å². The van der Waals surface area contributed by atoms with Crippen LogP contribution in [0.3, 0.4) is 0 Å². The third-order valence-electron chi connectivity index (χ3n) is 2.76. The van der Waals surface area contributed by atoms with Gasteiger partial charge in [-0.25, -0.2) is 0 Å². The van der Waals surface area contributed by atoms with Crippen molar-refractivity contribution >= 4 is 16.1 Å². The molecule has 0 aromatic heterocycles. The van der Waals surface area contributed by atoms with Crippen molar-refractivity contribution in [2.75, 3.05) is 6.26 Å². The Morgan fingerprint density at radius 1 is 1.53 bits per heavy atom. The van der Waals surface area contributed by atoms with E-state index < -0.39 is 27.6 Å². The van der Waals surface area contributed by atoms with Gasteiger partial charge in [-0.15, -0.1) is 0 Å². The van der Waals surface area contributed by atoms with Gasteiger partial charge in [-0.1, -0.05) is 0 Å². The zero-order valence-electron chi connectivity index (χ0n) is 8.89. The van der Waals surface area contributed by atoms with E-state index in [1.807, 2.05) is 0 Å². The van der Waals surface area contributed by atoms with Crippen LogP contribution in [0.25, 0.3) is 0 Å². The standard InChI is InChI=1S/C9H16O5S/c1-9(8(10)11)5-3-4-7(6-9)14-15(2,12)13/h7H,3-6H2,1-2H3,(H,10,11)/t7-,9+/m1/s1. The van der Waals surface area contributed by atoms with E-state index in [4.69, 9.17) is 9.29 Å². The Kier molecular flexibility index (Phi) is 3.40. The zero-order valence-corrected chi connectivity index (χ0v) is 9.71. The molecule has 1 rings (SSSR count). The van der Waals surface area contributed by atoms with Gasteiger partial charge in [-0.05, 0) is 32.6 Å². The van der Waals surface area contributed by atoms with Crippen LogP contribution in [-0.4, -0.2) is 31.9 Å². The lowest BCUT2D eigenvalue weighted by atomic mass is 9.74. The van der Waals surface area contributed by atoms with Crippen molar-refractivity contribution in [2.24, 2.45) is 5.41 Å². The highest BCUT2D eigenvalue weighted by Gasteiger charge is 2.39. The molecule has 15 heavy (non-hydrogen) atoms. The molecule has 0 bridgehead atoms. The van der Waals surface area contributed by atoms with Crippen molar-refractivity contribution in [3.8, 4) is 0 Å². The fourth-order valence-electron chi connectivity index (χ4n) is 1.95. The Hall–Kier alpha value is -0.620. The minimum Gasteiger partial charge on any atom is -0.481 e. The highest BCUT2D eigenvalue weighted by molar-refractivity contribution is 7.86. The molecule has 5 nitrogen and oxygen atoms in total. The summed E-state index contributed by atoms with van der Waals surface area (Å²) in [5.41, 5.74) is -0.854. The van der Waals surface area contributed by atoms with E-state index in [0.29, 0.717) is 19.3 Å². The SMILES string of the molecule is C[C@]1(C(=O)O)CCC[C@@H](OS(C)(=O)=O)C1. The average molecular weight is 236 g/mol. The van der Waals surface area contributed by atoms with Crippen molar-refractivity contribution < 1.29 is 22.5 Å². The Bertz CT molecular complexity index is 348. The molecule has 88 valence electrons. The van der Waals surface area contributed by atoms with Crippen LogP contribution in [-0.2, 0) is 19.1 Å². The maximum absolute atomic E-state index is 11.0. The zero-order chi connectivity index (χ0) is 11.7. The summed E-state index contributed by atoms with van der Waals surface area (Å²) < 4.78 is 26.7. The maximum atomic E-state index is 11.0. The van der Waals surface area contributed by atoms with Crippen molar-refractivity contribution in [3.05, 3.63) is 0 Å². The lowest BCUT2D eigenvalue weighted by Gasteiger charge is -2.33. The van der Waals surface area contributed by atoms with E-state index in [1.54, 1.807) is 6.92 Å². The third kappa shape index (κ3) is 3.46. The monoisotopic (exact) mass is 236 g/mol. The van der Waals surface area contributed by atoms with Gasteiger partial charge in [0.2, 0.25) is 0 Å². The fraction of sp³-hybridized carbons (Fsp3) is 0.889. The van der Waals surface area contributed by atoms with Crippen LogP contribution in [0.5, 0.6) is 0 Å². The summed E-state index contributed by atoms with van der Waals surface area (Å²) in [4.78, 5) is 11.0. The molecule has 1 aliphatic rings. The molecule has 0 saturated heterocycles. The van der Waals surface area contributed by atoms with Crippen LogP contribution in [0, 0.1) is 5.41 Å². The quantitative estimate of drug-likeness (QED) is 0.739. The number of rotatable bonds is 3. The Morgan fingerprint density at radius 3 is 2.60 bits per heavy atom. The molecule has 0 heterocycles. The van der Waals surface area contributed by atoms with Gasteiger partial charge in [0.05, 0.1) is 17.8 Å². The summed E-state index contributed by atoms with van der Waals surface area (Å²) in [6, 6.07) is 0. The maximum Gasteiger partial charge on any atom is 0.309 e. The first-order valence-electron chi connectivity index (χ1n) is 4.85. The minimum atomic E-state index is -3.49. The molecule has 0 radical (unpaired) electrons. The highest BCUT2D eigenvalue weighted by Crippen LogP contribution is 2.37. The first kappa shape index (κ1) is 12.4. The molecule has 2 atom stereocenters. The van der Waals surface area contributed by atoms with Crippen LogP contribution in [0.1, 0.15) is 32.6 Å². The normalized spacial score (nSPS) is 32.5. The van der Waals surface area contributed by atoms with Gasteiger partial charge in [-0.3, -0.25) is 8.98 Å². The van der Waals surface area contributed by atoms with E-state index in [0.717, 1.165) is 6.26 Å². The molecule has 0 unspecified atom stereocenters. The van der Waals surface area contributed by atoms with Crippen molar-refractivity contribution in [1.82, 2.24) is 0 Å². The Morgan fingerprint density at radius 2 is 2.13 bits per heavy atom. The van der Waals surface area contributed by atoms with Gasteiger partial charge < -0.3 is 5.11 Å². The van der Waals surface area contributed by atoms with Gasteiger partial charge in [-0.2, -0.15) is 8.42 Å². The molecule has 0 amide bonds. The van der Waals surface area contributed by atoms with Crippen LogP contribution in [0.15, 0.2) is 0 Å². The van der Waals surface area contributed by atoms with E-state index in [1.165, 1.54) is 0 Å². The lowest BCUT2D eigenvalue weighted by molar-refractivity contribution is -0.151. The molecule has 1 aliphatic carbocycles. The smallest absolute Gasteiger partial charge is 0.309 e. The molecule has 6 heteroatoms. The summed E-state index contributed by atoms with van der Waals surface area (Å²) in [7, 11) is -3.49.